The van der Waals surface area contributed by atoms with Gasteiger partial charge in [-0.25, -0.2) is 0 Å². The fourth-order valence-corrected chi connectivity index (χ4v) is 4.33. The number of rotatable bonds is 4. The molecule has 135 valence electrons. The number of aromatic nitrogens is 1. The molecule has 1 aromatic heterocycles. The second kappa shape index (κ2) is 7.38. The topological polar surface area (TPSA) is 14.7 Å². The van der Waals surface area contributed by atoms with Crippen molar-refractivity contribution in [2.45, 2.75) is 45.7 Å². The van der Waals surface area contributed by atoms with Gasteiger partial charge in [-0.1, -0.05) is 12.5 Å². The molecule has 4 nitrogen and oxygen atoms in total. The first-order chi connectivity index (χ1) is 12.2. The van der Waals surface area contributed by atoms with Crippen LogP contribution in [-0.2, 0) is 6.54 Å². The fraction of sp³-hybridized carbons (Fsp3) is 0.619. The van der Waals surface area contributed by atoms with Gasteiger partial charge in [-0.3, -0.25) is 14.5 Å². The average molecular weight is 340 g/mol. The van der Waals surface area contributed by atoms with Crippen LogP contribution in [0, 0.1) is 6.07 Å². The van der Waals surface area contributed by atoms with Crippen LogP contribution in [-0.4, -0.2) is 59.8 Å². The zero-order chi connectivity index (χ0) is 17.2. The summed E-state index contributed by atoms with van der Waals surface area (Å²) in [5.41, 5.74) is 2.80. The summed E-state index contributed by atoms with van der Waals surface area (Å²) in [7, 11) is 0. The largest absolute Gasteiger partial charge is 0.310 e. The molecule has 3 heterocycles. The number of hydrogen-bond acceptors (Lipinski definition) is 3. The number of piperidine rings is 1. The van der Waals surface area contributed by atoms with Crippen LogP contribution in [0.25, 0.3) is 10.9 Å². The summed E-state index contributed by atoms with van der Waals surface area (Å²) in [5.74, 6) is 0. The minimum atomic E-state index is 0.646. The number of nitrogens with zero attached hydrogens (tertiary/aromatic N) is 4. The van der Waals surface area contributed by atoms with Gasteiger partial charge in [-0.2, -0.15) is 0 Å². The van der Waals surface area contributed by atoms with Crippen molar-refractivity contribution in [3.8, 4) is 0 Å². The van der Waals surface area contributed by atoms with Crippen molar-refractivity contribution in [2.75, 3.05) is 44.3 Å². The summed E-state index contributed by atoms with van der Waals surface area (Å²) in [6.07, 6.45) is 6.48. The Morgan fingerprint density at radius 2 is 1.76 bits per heavy atom. The van der Waals surface area contributed by atoms with E-state index < -0.39 is 0 Å². The van der Waals surface area contributed by atoms with Crippen LogP contribution in [0.3, 0.4) is 0 Å². The van der Waals surface area contributed by atoms with E-state index in [-0.39, 0.29) is 0 Å². The second-order valence-corrected chi connectivity index (χ2v) is 7.86. The van der Waals surface area contributed by atoms with Crippen LogP contribution >= 0.6 is 0 Å². The molecule has 0 spiro atoms. The highest BCUT2D eigenvalue weighted by molar-refractivity contribution is 5.84. The lowest BCUT2D eigenvalue weighted by Crippen LogP contribution is -2.52. The van der Waals surface area contributed by atoms with E-state index in [0.29, 0.717) is 6.04 Å². The Morgan fingerprint density at radius 1 is 1.00 bits per heavy atom. The predicted molar refractivity (Wildman–Crippen MR) is 105 cm³/mol. The summed E-state index contributed by atoms with van der Waals surface area (Å²) in [6, 6.07) is 10.4. The van der Waals surface area contributed by atoms with Gasteiger partial charge in [-0.05, 0) is 63.5 Å². The van der Waals surface area contributed by atoms with Crippen molar-refractivity contribution in [1.82, 2.24) is 14.5 Å². The van der Waals surface area contributed by atoms with Crippen molar-refractivity contribution in [2.24, 2.45) is 0 Å². The minimum absolute atomic E-state index is 0.646. The Balaban J connectivity index is 1.57. The fourth-order valence-electron chi connectivity index (χ4n) is 4.33. The standard InChI is InChI=1S/C21H31N4/c1-18(2)23-12-14-24(15-13-23)25-17-19(16-22-10-6-3-7-11-22)20-8-4-5-9-21(20)25/h5,8-9,17-18H,3,6-7,10-16H2,1-2H3. The van der Waals surface area contributed by atoms with Gasteiger partial charge in [0.15, 0.2) is 0 Å². The summed E-state index contributed by atoms with van der Waals surface area (Å²) < 4.78 is 2.42. The lowest BCUT2D eigenvalue weighted by atomic mass is 10.1. The molecule has 0 N–H and O–H groups in total. The lowest BCUT2D eigenvalue weighted by Gasteiger charge is -2.38. The van der Waals surface area contributed by atoms with Crippen molar-refractivity contribution in [3.63, 3.8) is 0 Å². The maximum Gasteiger partial charge on any atom is 0.0698 e. The first-order valence-electron chi connectivity index (χ1n) is 9.94. The van der Waals surface area contributed by atoms with Gasteiger partial charge in [0.25, 0.3) is 0 Å². The SMILES string of the molecule is CC(C)N1CCN(n2cc(CN3CCCCC3)c3c[c]ccc32)CC1. The van der Waals surface area contributed by atoms with Gasteiger partial charge in [0, 0.05) is 50.3 Å². The molecule has 25 heavy (non-hydrogen) atoms. The van der Waals surface area contributed by atoms with E-state index in [1.165, 1.54) is 48.8 Å². The number of benzene rings is 1. The molecule has 2 fully saturated rings. The average Bonchev–Trinajstić information content (AvgIpc) is 3.01. The van der Waals surface area contributed by atoms with E-state index >= 15 is 0 Å². The number of likely N-dealkylation sites (tertiary alicyclic amines) is 1. The van der Waals surface area contributed by atoms with Gasteiger partial charge < -0.3 is 5.01 Å². The highest BCUT2D eigenvalue weighted by Gasteiger charge is 2.21. The molecule has 2 aliphatic rings. The summed E-state index contributed by atoms with van der Waals surface area (Å²) >= 11 is 0. The second-order valence-electron chi connectivity index (χ2n) is 7.86. The lowest BCUT2D eigenvalue weighted by molar-refractivity contribution is 0.196. The monoisotopic (exact) mass is 339 g/mol. The van der Waals surface area contributed by atoms with Crippen LogP contribution < -0.4 is 5.01 Å². The Morgan fingerprint density at radius 3 is 2.48 bits per heavy atom. The molecule has 2 saturated heterocycles. The summed E-state index contributed by atoms with van der Waals surface area (Å²) in [5, 5.41) is 3.89. The molecule has 0 aliphatic carbocycles. The van der Waals surface area contributed by atoms with Crippen LogP contribution in [0.2, 0.25) is 0 Å². The number of fused-ring (bicyclic) bond motifs is 1. The maximum atomic E-state index is 3.29. The molecular formula is C21H31N4. The molecule has 0 unspecified atom stereocenters. The molecule has 1 aromatic carbocycles. The molecule has 2 aliphatic heterocycles. The third-order valence-electron chi connectivity index (χ3n) is 5.88. The van der Waals surface area contributed by atoms with Crippen LogP contribution in [0.15, 0.2) is 24.4 Å². The third kappa shape index (κ3) is 3.56. The maximum absolute atomic E-state index is 3.29. The molecule has 1 radical (unpaired) electrons. The van der Waals surface area contributed by atoms with Crippen molar-refractivity contribution >= 4 is 10.9 Å². The molecule has 2 aromatic rings. The van der Waals surface area contributed by atoms with Gasteiger partial charge in [0.05, 0.1) is 5.52 Å². The molecule has 4 rings (SSSR count). The van der Waals surface area contributed by atoms with E-state index in [1.807, 2.05) is 6.07 Å². The van der Waals surface area contributed by atoms with E-state index in [0.717, 1.165) is 32.7 Å². The van der Waals surface area contributed by atoms with E-state index in [9.17, 15) is 0 Å². The Kier molecular flexibility index (Phi) is 5.00. The first-order valence-corrected chi connectivity index (χ1v) is 9.94. The van der Waals surface area contributed by atoms with Gasteiger partial charge >= 0.3 is 0 Å². The van der Waals surface area contributed by atoms with Crippen molar-refractivity contribution in [1.29, 1.82) is 0 Å². The molecule has 4 heteroatoms. The highest BCUT2D eigenvalue weighted by atomic mass is 15.6. The number of piperazine rings is 1. The summed E-state index contributed by atoms with van der Waals surface area (Å²) in [4.78, 5) is 5.19. The Hall–Kier alpha value is -1.52. The van der Waals surface area contributed by atoms with Crippen molar-refractivity contribution < 1.29 is 0 Å². The molecule has 0 bridgehead atoms. The van der Waals surface area contributed by atoms with Crippen molar-refractivity contribution in [3.05, 3.63) is 36.0 Å². The van der Waals surface area contributed by atoms with E-state index in [2.05, 4.69) is 57.7 Å². The quantitative estimate of drug-likeness (QED) is 0.851. The number of hydrogen-bond donors (Lipinski definition) is 0. The zero-order valence-corrected chi connectivity index (χ0v) is 15.7. The van der Waals surface area contributed by atoms with E-state index in [4.69, 9.17) is 0 Å². The minimum Gasteiger partial charge on any atom is -0.310 e. The van der Waals surface area contributed by atoms with Gasteiger partial charge in [-0.15, -0.1) is 0 Å². The first kappa shape index (κ1) is 16.9. The highest BCUT2D eigenvalue weighted by Crippen LogP contribution is 2.24. The van der Waals surface area contributed by atoms with Gasteiger partial charge in [0.2, 0.25) is 0 Å². The summed E-state index contributed by atoms with van der Waals surface area (Å²) in [6.45, 7) is 12.7. The Bertz CT molecular complexity index is 691. The Labute approximate surface area is 152 Å². The van der Waals surface area contributed by atoms with Crippen LogP contribution in [0.1, 0.15) is 38.7 Å². The normalized spacial score (nSPS) is 20.7. The van der Waals surface area contributed by atoms with Gasteiger partial charge in [0.1, 0.15) is 0 Å². The molecule has 0 saturated carbocycles. The third-order valence-corrected chi connectivity index (χ3v) is 5.88. The van der Waals surface area contributed by atoms with E-state index in [1.54, 1.807) is 0 Å². The zero-order valence-electron chi connectivity index (χ0n) is 15.7. The predicted octanol–water partition coefficient (Wildman–Crippen LogP) is 3.09. The smallest absolute Gasteiger partial charge is 0.0698 e. The molecular weight excluding hydrogens is 308 g/mol. The molecule has 0 amide bonds. The molecule has 0 atom stereocenters. The van der Waals surface area contributed by atoms with Crippen LogP contribution in [0.4, 0.5) is 0 Å². The van der Waals surface area contributed by atoms with Crippen LogP contribution in [0.5, 0.6) is 0 Å².